The van der Waals surface area contributed by atoms with Crippen molar-refractivity contribution in [3.8, 4) is 0 Å². The van der Waals surface area contributed by atoms with Crippen molar-refractivity contribution in [3.05, 3.63) is 23.5 Å². The third-order valence-corrected chi connectivity index (χ3v) is 2.74. The molecule has 86 valence electrons. The second kappa shape index (κ2) is 5.36. The lowest BCUT2D eigenvalue weighted by molar-refractivity contribution is 0.267. The van der Waals surface area contributed by atoms with Crippen molar-refractivity contribution < 1.29 is 5.11 Å². The van der Waals surface area contributed by atoms with Crippen LogP contribution in [0.3, 0.4) is 0 Å². The van der Waals surface area contributed by atoms with Gasteiger partial charge in [-0.1, -0.05) is 13.8 Å². The number of hydrogen-bond donors (Lipinski definition) is 1. The molecule has 0 spiro atoms. The third-order valence-electron chi connectivity index (χ3n) is 2.74. The van der Waals surface area contributed by atoms with Crippen LogP contribution in [-0.2, 0) is 13.0 Å². The molecule has 1 N–H and O–H groups in total. The van der Waals surface area contributed by atoms with Gasteiger partial charge in [-0.25, -0.2) is 0 Å². The van der Waals surface area contributed by atoms with E-state index in [0.717, 1.165) is 18.0 Å². The third kappa shape index (κ3) is 3.10. The summed E-state index contributed by atoms with van der Waals surface area (Å²) in [4.78, 5) is 0. The van der Waals surface area contributed by atoms with Crippen LogP contribution in [0.2, 0.25) is 0 Å². The molecule has 1 rings (SSSR count). The van der Waals surface area contributed by atoms with Gasteiger partial charge in [0, 0.05) is 17.4 Å². The van der Waals surface area contributed by atoms with Crippen molar-refractivity contribution >= 4 is 0 Å². The lowest BCUT2D eigenvalue weighted by Gasteiger charge is -2.17. The molecule has 0 aliphatic rings. The molecule has 0 bridgehead atoms. The first-order chi connectivity index (χ1) is 7.06. The zero-order valence-corrected chi connectivity index (χ0v) is 10.3. The number of nitrogens with zero attached hydrogens (tertiary/aromatic N) is 1. The van der Waals surface area contributed by atoms with Gasteiger partial charge in [0.1, 0.15) is 0 Å². The fourth-order valence-electron chi connectivity index (χ4n) is 1.97. The summed E-state index contributed by atoms with van der Waals surface area (Å²) in [5, 5.41) is 9.24. The lowest BCUT2D eigenvalue weighted by Crippen LogP contribution is -2.10. The molecule has 0 unspecified atom stereocenters. The number of aromatic nitrogens is 1. The molecular weight excluding hydrogens is 186 g/mol. The second-order valence-electron chi connectivity index (χ2n) is 4.87. The Labute approximate surface area is 92.9 Å². The minimum atomic E-state index is 0.139. The van der Waals surface area contributed by atoms with Crippen molar-refractivity contribution in [1.29, 1.82) is 0 Å². The molecule has 0 amide bonds. The Hall–Kier alpha value is -0.760. The highest BCUT2D eigenvalue weighted by Gasteiger charge is 2.10. The van der Waals surface area contributed by atoms with Crippen LogP contribution in [0.15, 0.2) is 12.1 Å². The van der Waals surface area contributed by atoms with Crippen molar-refractivity contribution in [2.75, 3.05) is 0 Å². The Bertz CT molecular complexity index is 299. The summed E-state index contributed by atoms with van der Waals surface area (Å²) >= 11 is 0. The van der Waals surface area contributed by atoms with E-state index in [1.54, 1.807) is 0 Å². The zero-order chi connectivity index (χ0) is 11.4. The summed E-state index contributed by atoms with van der Waals surface area (Å²) in [5.74, 6) is 0.734. The Morgan fingerprint density at radius 3 is 2.20 bits per heavy atom. The fourth-order valence-corrected chi connectivity index (χ4v) is 1.97. The van der Waals surface area contributed by atoms with Crippen LogP contribution in [0.25, 0.3) is 0 Å². The van der Waals surface area contributed by atoms with E-state index in [0.29, 0.717) is 6.04 Å². The van der Waals surface area contributed by atoms with Gasteiger partial charge in [-0.05, 0) is 44.7 Å². The quantitative estimate of drug-likeness (QED) is 0.791. The summed E-state index contributed by atoms with van der Waals surface area (Å²) in [7, 11) is 0. The molecular formula is C13H23NO. The Morgan fingerprint density at radius 2 is 1.73 bits per heavy atom. The van der Waals surface area contributed by atoms with Crippen molar-refractivity contribution in [2.45, 2.75) is 53.2 Å². The average Bonchev–Trinajstić information content (AvgIpc) is 2.57. The van der Waals surface area contributed by atoms with Crippen LogP contribution in [-0.4, -0.2) is 9.67 Å². The topological polar surface area (TPSA) is 25.2 Å². The van der Waals surface area contributed by atoms with Crippen LogP contribution >= 0.6 is 0 Å². The van der Waals surface area contributed by atoms with Crippen LogP contribution in [0.1, 0.15) is 51.5 Å². The highest BCUT2D eigenvalue weighted by Crippen LogP contribution is 2.19. The maximum Gasteiger partial charge on any atom is 0.0833 e. The first-order valence-electron chi connectivity index (χ1n) is 5.86. The fraction of sp³-hybridized carbons (Fsp3) is 0.692. The Balaban J connectivity index is 2.82. The molecule has 0 atom stereocenters. The number of aliphatic hydroxyl groups excluding tert-OH is 1. The molecule has 0 aliphatic heterocycles. The van der Waals surface area contributed by atoms with Crippen LogP contribution in [0.4, 0.5) is 0 Å². The van der Waals surface area contributed by atoms with E-state index in [-0.39, 0.29) is 6.61 Å². The van der Waals surface area contributed by atoms with Gasteiger partial charge in [-0.2, -0.15) is 0 Å². The highest BCUT2D eigenvalue weighted by atomic mass is 16.3. The zero-order valence-electron chi connectivity index (χ0n) is 10.3. The van der Waals surface area contributed by atoms with Crippen LogP contribution in [0, 0.1) is 5.92 Å². The predicted octanol–water partition coefficient (Wildman–Crippen LogP) is 3.15. The van der Waals surface area contributed by atoms with E-state index < -0.39 is 0 Å². The summed E-state index contributed by atoms with van der Waals surface area (Å²) < 4.78 is 2.25. The first kappa shape index (κ1) is 12.3. The minimum Gasteiger partial charge on any atom is -0.390 e. The summed E-state index contributed by atoms with van der Waals surface area (Å²) in [5.41, 5.74) is 2.38. The number of aryl methyl sites for hydroxylation is 1. The molecule has 0 saturated heterocycles. The van der Waals surface area contributed by atoms with Gasteiger partial charge in [0.15, 0.2) is 0 Å². The normalized spacial score (nSPS) is 11.7. The number of hydrogen-bond acceptors (Lipinski definition) is 1. The standard InChI is InChI=1S/C13H23NO/c1-10(2)5-6-12-7-8-13(9-15)14(12)11(3)4/h7-8,10-11,15H,5-6,9H2,1-4H3. The average molecular weight is 209 g/mol. The smallest absolute Gasteiger partial charge is 0.0833 e. The van der Waals surface area contributed by atoms with Gasteiger partial charge >= 0.3 is 0 Å². The van der Waals surface area contributed by atoms with E-state index in [4.69, 9.17) is 0 Å². The molecule has 15 heavy (non-hydrogen) atoms. The second-order valence-corrected chi connectivity index (χ2v) is 4.87. The lowest BCUT2D eigenvalue weighted by atomic mass is 10.1. The van der Waals surface area contributed by atoms with E-state index in [1.165, 1.54) is 12.1 Å². The molecule has 0 fully saturated rings. The van der Waals surface area contributed by atoms with Crippen molar-refractivity contribution in [3.63, 3.8) is 0 Å². The van der Waals surface area contributed by atoms with Crippen molar-refractivity contribution in [1.82, 2.24) is 4.57 Å². The molecule has 1 heterocycles. The first-order valence-corrected chi connectivity index (χ1v) is 5.86. The predicted molar refractivity (Wildman–Crippen MR) is 63.9 cm³/mol. The maximum atomic E-state index is 9.24. The van der Waals surface area contributed by atoms with Gasteiger partial charge in [-0.15, -0.1) is 0 Å². The molecule has 0 radical (unpaired) electrons. The van der Waals surface area contributed by atoms with Gasteiger partial charge in [-0.3, -0.25) is 0 Å². The van der Waals surface area contributed by atoms with Gasteiger partial charge in [0.2, 0.25) is 0 Å². The van der Waals surface area contributed by atoms with Gasteiger partial charge in [0.25, 0.3) is 0 Å². The number of aliphatic hydroxyl groups is 1. The van der Waals surface area contributed by atoms with E-state index in [2.05, 4.69) is 38.3 Å². The van der Waals surface area contributed by atoms with Crippen LogP contribution < -0.4 is 0 Å². The molecule has 0 aromatic carbocycles. The number of rotatable bonds is 5. The maximum absolute atomic E-state index is 9.24. The van der Waals surface area contributed by atoms with Crippen molar-refractivity contribution in [2.24, 2.45) is 5.92 Å². The molecule has 0 saturated carbocycles. The van der Waals surface area contributed by atoms with Gasteiger partial charge in [0.05, 0.1) is 6.61 Å². The Kier molecular flexibility index (Phi) is 4.40. The summed E-state index contributed by atoms with van der Waals surface area (Å²) in [6, 6.07) is 4.62. The SMILES string of the molecule is CC(C)CCc1ccc(CO)n1C(C)C. The van der Waals surface area contributed by atoms with Gasteiger partial charge < -0.3 is 9.67 Å². The minimum absolute atomic E-state index is 0.139. The summed E-state index contributed by atoms with van der Waals surface area (Å²) in [6.07, 6.45) is 2.32. The Morgan fingerprint density at radius 1 is 1.13 bits per heavy atom. The van der Waals surface area contributed by atoms with E-state index in [1.807, 2.05) is 6.07 Å². The van der Waals surface area contributed by atoms with E-state index in [9.17, 15) is 5.11 Å². The highest BCUT2D eigenvalue weighted by molar-refractivity contribution is 5.17. The monoisotopic (exact) mass is 209 g/mol. The molecule has 2 nitrogen and oxygen atoms in total. The van der Waals surface area contributed by atoms with Crippen LogP contribution in [0.5, 0.6) is 0 Å². The molecule has 1 aromatic rings. The molecule has 1 aromatic heterocycles. The molecule has 0 aliphatic carbocycles. The van der Waals surface area contributed by atoms with E-state index >= 15 is 0 Å². The summed E-state index contributed by atoms with van der Waals surface area (Å²) in [6.45, 7) is 8.96. The molecule has 2 heteroatoms. The largest absolute Gasteiger partial charge is 0.390 e.